The first-order valence-electron chi connectivity index (χ1n) is 9.09. The Bertz CT molecular complexity index is 573. The highest BCUT2D eigenvalue weighted by molar-refractivity contribution is 7.15. The maximum Gasteiger partial charge on any atom is 0.222 e. The quantitative estimate of drug-likeness (QED) is 0.825. The fourth-order valence-electron chi connectivity index (χ4n) is 3.98. The summed E-state index contributed by atoms with van der Waals surface area (Å²) in [5, 5.41) is 1.12. The van der Waals surface area contributed by atoms with E-state index in [0.29, 0.717) is 11.9 Å². The van der Waals surface area contributed by atoms with E-state index in [-0.39, 0.29) is 0 Å². The van der Waals surface area contributed by atoms with Gasteiger partial charge in [0.25, 0.3) is 0 Å². The number of nitrogens with zero attached hydrogens (tertiary/aromatic N) is 4. The SMILES string of the molecule is O=C1CCCN1C1CCCN(Cc2cnc(N3CCOCC3)s2)C1. The third kappa shape index (κ3) is 3.58. The van der Waals surface area contributed by atoms with E-state index in [1.165, 1.54) is 11.3 Å². The van der Waals surface area contributed by atoms with Gasteiger partial charge in [-0.2, -0.15) is 0 Å². The van der Waals surface area contributed by atoms with Gasteiger partial charge in [-0.05, 0) is 25.8 Å². The zero-order valence-electron chi connectivity index (χ0n) is 14.2. The van der Waals surface area contributed by atoms with Gasteiger partial charge < -0.3 is 14.5 Å². The van der Waals surface area contributed by atoms with Crippen molar-refractivity contribution >= 4 is 22.4 Å². The summed E-state index contributed by atoms with van der Waals surface area (Å²) in [6.45, 7) is 7.53. The summed E-state index contributed by atoms with van der Waals surface area (Å²) in [7, 11) is 0. The summed E-state index contributed by atoms with van der Waals surface area (Å²) in [6.07, 6.45) is 6.15. The summed E-state index contributed by atoms with van der Waals surface area (Å²) >= 11 is 1.80. The normalized spacial score (nSPS) is 26.3. The highest BCUT2D eigenvalue weighted by atomic mass is 32.1. The topological polar surface area (TPSA) is 48.9 Å². The third-order valence-electron chi connectivity index (χ3n) is 5.23. The van der Waals surface area contributed by atoms with Gasteiger partial charge in [0.2, 0.25) is 5.91 Å². The molecule has 132 valence electrons. The van der Waals surface area contributed by atoms with Gasteiger partial charge >= 0.3 is 0 Å². The smallest absolute Gasteiger partial charge is 0.222 e. The first-order valence-corrected chi connectivity index (χ1v) is 9.90. The maximum absolute atomic E-state index is 12.0. The molecule has 1 amide bonds. The van der Waals surface area contributed by atoms with Crippen LogP contribution in [0.2, 0.25) is 0 Å². The number of anilines is 1. The van der Waals surface area contributed by atoms with Crippen molar-refractivity contribution in [2.75, 3.05) is 50.8 Å². The second kappa shape index (κ2) is 7.37. The van der Waals surface area contributed by atoms with Crippen molar-refractivity contribution in [1.29, 1.82) is 0 Å². The van der Waals surface area contributed by atoms with Gasteiger partial charge in [-0.15, -0.1) is 11.3 Å². The summed E-state index contributed by atoms with van der Waals surface area (Å²) < 4.78 is 5.41. The fraction of sp³-hybridized carbons (Fsp3) is 0.765. The van der Waals surface area contributed by atoms with Crippen LogP contribution in [0.4, 0.5) is 5.13 Å². The number of carbonyl (C=O) groups is 1. The molecule has 1 aromatic rings. The molecule has 24 heavy (non-hydrogen) atoms. The summed E-state index contributed by atoms with van der Waals surface area (Å²) in [5.41, 5.74) is 0. The minimum Gasteiger partial charge on any atom is -0.378 e. The summed E-state index contributed by atoms with van der Waals surface area (Å²) in [5.74, 6) is 0.356. The van der Waals surface area contributed by atoms with Crippen molar-refractivity contribution < 1.29 is 9.53 Å². The van der Waals surface area contributed by atoms with Crippen LogP contribution in [0.3, 0.4) is 0 Å². The lowest BCUT2D eigenvalue weighted by molar-refractivity contribution is -0.130. The predicted octanol–water partition coefficient (Wildman–Crippen LogP) is 1.57. The zero-order chi connectivity index (χ0) is 16.4. The Morgan fingerprint density at radius 1 is 1.21 bits per heavy atom. The van der Waals surface area contributed by atoms with E-state index in [2.05, 4.69) is 19.7 Å². The van der Waals surface area contributed by atoms with Crippen molar-refractivity contribution in [3.05, 3.63) is 11.1 Å². The number of carbonyl (C=O) groups excluding carboxylic acids is 1. The lowest BCUT2D eigenvalue weighted by Gasteiger charge is -2.37. The highest BCUT2D eigenvalue weighted by Gasteiger charge is 2.31. The Labute approximate surface area is 147 Å². The minimum absolute atomic E-state index is 0.356. The number of amides is 1. The standard InChI is InChI=1S/C17H26N4O2S/c22-16-4-2-6-21(16)14-3-1-5-19(12-14)13-15-11-18-17(24-15)20-7-9-23-10-8-20/h11,14H,1-10,12-13H2. The van der Waals surface area contributed by atoms with Crippen molar-refractivity contribution in [3.63, 3.8) is 0 Å². The molecule has 0 aromatic carbocycles. The van der Waals surface area contributed by atoms with Gasteiger partial charge in [0, 0.05) is 56.3 Å². The third-order valence-corrected chi connectivity index (χ3v) is 6.28. The summed E-state index contributed by atoms with van der Waals surface area (Å²) in [6, 6.07) is 0.417. The summed E-state index contributed by atoms with van der Waals surface area (Å²) in [4.78, 5) is 24.9. The van der Waals surface area contributed by atoms with E-state index in [0.717, 1.165) is 76.9 Å². The van der Waals surface area contributed by atoms with Crippen LogP contribution >= 0.6 is 11.3 Å². The Hall–Kier alpha value is -1.18. The van der Waals surface area contributed by atoms with E-state index in [1.807, 2.05) is 6.20 Å². The average Bonchev–Trinajstić information content (AvgIpc) is 3.25. The van der Waals surface area contributed by atoms with Crippen molar-refractivity contribution in [3.8, 4) is 0 Å². The number of thiazole rings is 1. The minimum atomic E-state index is 0.356. The maximum atomic E-state index is 12.0. The number of piperidine rings is 1. The first kappa shape index (κ1) is 16.3. The van der Waals surface area contributed by atoms with Gasteiger partial charge in [-0.25, -0.2) is 4.98 Å². The molecule has 0 bridgehead atoms. The molecule has 0 spiro atoms. The zero-order valence-corrected chi connectivity index (χ0v) is 15.0. The largest absolute Gasteiger partial charge is 0.378 e. The Morgan fingerprint density at radius 3 is 2.88 bits per heavy atom. The van der Waals surface area contributed by atoms with Crippen LogP contribution in [0.25, 0.3) is 0 Å². The van der Waals surface area contributed by atoms with Crippen LogP contribution in [-0.2, 0) is 16.1 Å². The lowest BCUT2D eigenvalue weighted by atomic mass is 10.0. The van der Waals surface area contributed by atoms with E-state index in [1.54, 1.807) is 11.3 Å². The number of likely N-dealkylation sites (tertiary alicyclic amines) is 2. The van der Waals surface area contributed by atoms with Crippen LogP contribution in [0.15, 0.2) is 6.20 Å². The molecule has 1 aromatic heterocycles. The highest BCUT2D eigenvalue weighted by Crippen LogP contribution is 2.27. The molecule has 1 atom stereocenters. The van der Waals surface area contributed by atoms with E-state index >= 15 is 0 Å². The Kier molecular flexibility index (Phi) is 5.01. The predicted molar refractivity (Wildman–Crippen MR) is 94.4 cm³/mol. The van der Waals surface area contributed by atoms with Gasteiger partial charge in [-0.1, -0.05) is 0 Å². The molecule has 0 N–H and O–H groups in total. The molecule has 7 heteroatoms. The molecule has 3 aliphatic rings. The van der Waals surface area contributed by atoms with Crippen LogP contribution in [-0.4, -0.2) is 72.7 Å². The fourth-order valence-corrected chi connectivity index (χ4v) is 4.98. The molecule has 6 nitrogen and oxygen atoms in total. The molecular weight excluding hydrogens is 324 g/mol. The van der Waals surface area contributed by atoms with Crippen LogP contribution < -0.4 is 4.90 Å². The van der Waals surface area contributed by atoms with Crippen molar-refractivity contribution in [1.82, 2.24) is 14.8 Å². The molecule has 3 aliphatic heterocycles. The number of hydrogen-bond donors (Lipinski definition) is 0. The van der Waals surface area contributed by atoms with Gasteiger partial charge in [0.15, 0.2) is 5.13 Å². The number of rotatable bonds is 4. The number of morpholine rings is 1. The van der Waals surface area contributed by atoms with Gasteiger partial charge in [0.1, 0.15) is 0 Å². The van der Waals surface area contributed by atoms with E-state index in [9.17, 15) is 4.79 Å². The molecule has 4 heterocycles. The molecule has 0 radical (unpaired) electrons. The number of hydrogen-bond acceptors (Lipinski definition) is 6. The number of ether oxygens (including phenoxy) is 1. The van der Waals surface area contributed by atoms with E-state index in [4.69, 9.17) is 4.74 Å². The molecule has 1 unspecified atom stereocenters. The van der Waals surface area contributed by atoms with Crippen LogP contribution in [0.1, 0.15) is 30.6 Å². The monoisotopic (exact) mass is 350 g/mol. The van der Waals surface area contributed by atoms with Crippen LogP contribution in [0.5, 0.6) is 0 Å². The Morgan fingerprint density at radius 2 is 2.08 bits per heavy atom. The van der Waals surface area contributed by atoms with Crippen molar-refractivity contribution in [2.45, 2.75) is 38.3 Å². The lowest BCUT2D eigenvalue weighted by Crippen LogP contribution is -2.47. The average molecular weight is 350 g/mol. The molecule has 0 aliphatic carbocycles. The van der Waals surface area contributed by atoms with E-state index < -0.39 is 0 Å². The second-order valence-corrected chi connectivity index (χ2v) is 8.02. The van der Waals surface area contributed by atoms with Crippen LogP contribution in [0, 0.1) is 0 Å². The second-order valence-electron chi connectivity index (χ2n) is 6.93. The molecule has 4 rings (SSSR count). The molecular formula is C17H26N4O2S. The Balaban J connectivity index is 1.34. The first-order chi connectivity index (χ1) is 11.8. The number of aromatic nitrogens is 1. The van der Waals surface area contributed by atoms with Gasteiger partial charge in [-0.3, -0.25) is 9.69 Å². The van der Waals surface area contributed by atoms with Crippen molar-refractivity contribution in [2.24, 2.45) is 0 Å². The molecule has 3 saturated heterocycles. The van der Waals surface area contributed by atoms with Gasteiger partial charge in [0.05, 0.1) is 13.2 Å². The molecule has 0 saturated carbocycles. The molecule has 3 fully saturated rings.